The summed E-state index contributed by atoms with van der Waals surface area (Å²) in [4.78, 5) is 26.6. The monoisotopic (exact) mass is 400 g/mol. The predicted molar refractivity (Wildman–Crippen MR) is 115 cm³/mol. The van der Waals surface area contributed by atoms with E-state index in [-0.39, 0.29) is 11.5 Å². The first-order valence-electron chi connectivity index (χ1n) is 10.0. The summed E-state index contributed by atoms with van der Waals surface area (Å²) in [6, 6.07) is 19.2. The molecule has 0 aromatic heterocycles. The smallest absolute Gasteiger partial charge is 0.271 e. The maximum absolute atomic E-state index is 12.9. The lowest BCUT2D eigenvalue weighted by Gasteiger charge is -2.27. The first-order valence-corrected chi connectivity index (χ1v) is 10.0. The first kappa shape index (κ1) is 21.1. The second-order valence-corrected chi connectivity index (χ2v) is 7.13. The summed E-state index contributed by atoms with van der Waals surface area (Å²) in [5.74, 6) is -0.134. The van der Waals surface area contributed by atoms with Crippen molar-refractivity contribution in [1.29, 1.82) is 5.26 Å². The normalized spacial score (nSPS) is 15.5. The van der Waals surface area contributed by atoms with Crippen molar-refractivity contribution in [1.82, 2.24) is 4.90 Å². The molecule has 5 nitrogen and oxygen atoms in total. The van der Waals surface area contributed by atoms with Gasteiger partial charge in [0, 0.05) is 12.1 Å². The average molecular weight is 400 g/mol. The second-order valence-electron chi connectivity index (χ2n) is 7.13. The Balaban J connectivity index is 1.81. The fraction of sp³-hybridized carbons (Fsp3) is 0.240. The highest BCUT2D eigenvalue weighted by Crippen LogP contribution is 2.27. The van der Waals surface area contributed by atoms with Crippen molar-refractivity contribution in [3.05, 3.63) is 82.4 Å². The number of amides is 2. The zero-order valence-corrected chi connectivity index (χ0v) is 17.2. The summed E-state index contributed by atoms with van der Waals surface area (Å²) >= 11 is 0. The molecular weight excluding hydrogens is 376 g/mol. The van der Waals surface area contributed by atoms with Crippen LogP contribution in [-0.4, -0.2) is 23.3 Å². The van der Waals surface area contributed by atoms with E-state index in [0.717, 1.165) is 23.3 Å². The van der Waals surface area contributed by atoms with E-state index in [9.17, 15) is 14.9 Å². The third kappa shape index (κ3) is 4.66. The molecule has 1 aliphatic rings. The Morgan fingerprint density at radius 1 is 1.03 bits per heavy atom. The standard InChI is InChI=1S/C25H24N2O3/c1-3-4-14-27-24(28)22(18(2)23(16-26)25(27)29)15-19-10-12-21(13-11-19)30-17-20-8-6-5-7-9-20/h5-13,15H,3-4,14,17H2,1-2H3/b22-15+. The lowest BCUT2D eigenvalue weighted by molar-refractivity contribution is -0.140. The number of nitriles is 1. The Bertz CT molecular complexity index is 1030. The first-order chi connectivity index (χ1) is 14.5. The van der Waals surface area contributed by atoms with Gasteiger partial charge in [-0.1, -0.05) is 55.8 Å². The number of carbonyl (C=O) groups excluding carboxylic acids is 2. The van der Waals surface area contributed by atoms with Crippen LogP contribution in [0.4, 0.5) is 0 Å². The van der Waals surface area contributed by atoms with Crippen molar-refractivity contribution in [2.45, 2.75) is 33.3 Å². The van der Waals surface area contributed by atoms with Crippen LogP contribution < -0.4 is 4.74 Å². The van der Waals surface area contributed by atoms with Crippen molar-refractivity contribution in [2.24, 2.45) is 0 Å². The molecule has 5 heteroatoms. The Morgan fingerprint density at radius 3 is 2.37 bits per heavy atom. The Labute approximate surface area is 176 Å². The van der Waals surface area contributed by atoms with E-state index in [0.29, 0.717) is 30.7 Å². The van der Waals surface area contributed by atoms with E-state index in [1.165, 1.54) is 4.90 Å². The Hall–Kier alpha value is -3.65. The fourth-order valence-corrected chi connectivity index (χ4v) is 3.22. The highest BCUT2D eigenvalue weighted by Gasteiger charge is 2.34. The molecule has 1 aliphatic heterocycles. The molecule has 2 aromatic carbocycles. The van der Waals surface area contributed by atoms with Gasteiger partial charge in [0.1, 0.15) is 24.0 Å². The van der Waals surface area contributed by atoms with Crippen LogP contribution in [0.15, 0.2) is 71.3 Å². The highest BCUT2D eigenvalue weighted by atomic mass is 16.5. The number of carbonyl (C=O) groups is 2. The van der Waals surface area contributed by atoms with Crippen molar-refractivity contribution < 1.29 is 14.3 Å². The van der Waals surface area contributed by atoms with E-state index in [2.05, 4.69) is 0 Å². The molecule has 0 spiro atoms. The molecule has 30 heavy (non-hydrogen) atoms. The molecule has 2 amide bonds. The second kappa shape index (κ2) is 9.71. The minimum atomic E-state index is -0.504. The lowest BCUT2D eigenvalue weighted by atomic mass is 9.93. The van der Waals surface area contributed by atoms with Crippen LogP contribution in [0.2, 0.25) is 0 Å². The van der Waals surface area contributed by atoms with Gasteiger partial charge >= 0.3 is 0 Å². The van der Waals surface area contributed by atoms with Gasteiger partial charge in [0.25, 0.3) is 11.8 Å². The largest absolute Gasteiger partial charge is 0.489 e. The van der Waals surface area contributed by atoms with E-state index < -0.39 is 5.91 Å². The van der Waals surface area contributed by atoms with Crippen LogP contribution >= 0.6 is 0 Å². The van der Waals surface area contributed by atoms with E-state index >= 15 is 0 Å². The van der Waals surface area contributed by atoms with E-state index in [1.807, 2.05) is 67.6 Å². The number of hydrogen-bond acceptors (Lipinski definition) is 4. The van der Waals surface area contributed by atoms with Crippen molar-refractivity contribution in [3.8, 4) is 11.8 Å². The SMILES string of the molecule is CCCCN1C(=O)C(C#N)=C(C)/C(=C\c2ccc(OCc3ccccc3)cc2)C1=O. The van der Waals surface area contributed by atoms with Crippen LogP contribution in [-0.2, 0) is 16.2 Å². The fourth-order valence-electron chi connectivity index (χ4n) is 3.22. The molecule has 0 radical (unpaired) electrons. The summed E-state index contributed by atoms with van der Waals surface area (Å²) < 4.78 is 5.80. The number of rotatable bonds is 7. The van der Waals surface area contributed by atoms with Gasteiger partial charge in [-0.05, 0) is 48.3 Å². The summed E-state index contributed by atoms with van der Waals surface area (Å²) in [6.45, 7) is 4.43. The molecular formula is C25H24N2O3. The number of imide groups is 1. The molecule has 152 valence electrons. The van der Waals surface area contributed by atoms with Crippen LogP contribution in [0.25, 0.3) is 6.08 Å². The number of unbranched alkanes of at least 4 members (excludes halogenated alkanes) is 1. The van der Waals surface area contributed by atoms with Gasteiger partial charge in [0.05, 0.1) is 0 Å². The van der Waals surface area contributed by atoms with Crippen LogP contribution in [0.3, 0.4) is 0 Å². The lowest BCUT2D eigenvalue weighted by Crippen LogP contribution is -2.43. The predicted octanol–water partition coefficient (Wildman–Crippen LogP) is 4.66. The zero-order chi connectivity index (χ0) is 21.5. The van der Waals surface area contributed by atoms with Gasteiger partial charge in [0.15, 0.2) is 0 Å². The van der Waals surface area contributed by atoms with Gasteiger partial charge in [-0.25, -0.2) is 0 Å². The third-order valence-corrected chi connectivity index (χ3v) is 5.00. The number of hydrogen-bond donors (Lipinski definition) is 0. The molecule has 0 N–H and O–H groups in total. The molecule has 0 bridgehead atoms. The van der Waals surface area contributed by atoms with Gasteiger partial charge in [-0.15, -0.1) is 0 Å². The van der Waals surface area contributed by atoms with Crippen molar-refractivity contribution in [2.75, 3.05) is 6.54 Å². The van der Waals surface area contributed by atoms with E-state index in [4.69, 9.17) is 4.74 Å². The molecule has 0 atom stereocenters. The average Bonchev–Trinajstić information content (AvgIpc) is 2.77. The molecule has 1 heterocycles. The Kier molecular flexibility index (Phi) is 6.82. The zero-order valence-electron chi connectivity index (χ0n) is 17.2. The Morgan fingerprint density at radius 2 is 1.73 bits per heavy atom. The molecule has 2 aromatic rings. The minimum Gasteiger partial charge on any atom is -0.489 e. The topological polar surface area (TPSA) is 70.4 Å². The molecule has 3 rings (SSSR count). The maximum atomic E-state index is 12.9. The van der Waals surface area contributed by atoms with Gasteiger partial charge in [-0.3, -0.25) is 14.5 Å². The van der Waals surface area contributed by atoms with Crippen molar-refractivity contribution in [3.63, 3.8) is 0 Å². The summed E-state index contributed by atoms with van der Waals surface area (Å²) in [6.07, 6.45) is 3.28. The van der Waals surface area contributed by atoms with E-state index in [1.54, 1.807) is 13.0 Å². The van der Waals surface area contributed by atoms with Gasteiger partial charge in [-0.2, -0.15) is 5.26 Å². The van der Waals surface area contributed by atoms with Crippen LogP contribution in [0.5, 0.6) is 5.75 Å². The number of ether oxygens (including phenoxy) is 1. The van der Waals surface area contributed by atoms with Gasteiger partial charge < -0.3 is 4.74 Å². The quantitative estimate of drug-likeness (QED) is 0.501. The number of nitrogens with zero attached hydrogens (tertiary/aromatic N) is 2. The molecule has 0 saturated heterocycles. The van der Waals surface area contributed by atoms with Crippen LogP contribution in [0, 0.1) is 11.3 Å². The summed E-state index contributed by atoms with van der Waals surface area (Å²) in [7, 11) is 0. The minimum absolute atomic E-state index is 0.0276. The number of benzene rings is 2. The summed E-state index contributed by atoms with van der Waals surface area (Å²) in [5.41, 5.74) is 2.70. The third-order valence-electron chi connectivity index (χ3n) is 5.00. The highest BCUT2D eigenvalue weighted by molar-refractivity contribution is 6.19. The maximum Gasteiger partial charge on any atom is 0.271 e. The molecule has 0 fully saturated rings. The summed E-state index contributed by atoms with van der Waals surface area (Å²) in [5, 5.41) is 9.42. The van der Waals surface area contributed by atoms with Crippen molar-refractivity contribution >= 4 is 17.9 Å². The van der Waals surface area contributed by atoms with Gasteiger partial charge in [0.2, 0.25) is 0 Å². The molecule has 0 aliphatic carbocycles. The molecule has 0 unspecified atom stereocenters. The van der Waals surface area contributed by atoms with Crippen LogP contribution in [0.1, 0.15) is 37.8 Å². The molecule has 0 saturated carbocycles.